The van der Waals surface area contributed by atoms with E-state index in [2.05, 4.69) is 10.3 Å². The number of fused-ring (bicyclic) bond motifs is 1. The van der Waals surface area contributed by atoms with Crippen molar-refractivity contribution in [1.82, 2.24) is 10.3 Å². The van der Waals surface area contributed by atoms with Gasteiger partial charge in [0, 0.05) is 17.5 Å². The number of hydrogen-bond donors (Lipinski definition) is 3. The topological polar surface area (TPSA) is 125 Å². The van der Waals surface area contributed by atoms with Gasteiger partial charge in [-0.25, -0.2) is 0 Å². The number of aromatic nitrogens is 1. The van der Waals surface area contributed by atoms with Gasteiger partial charge in [-0.05, 0) is 18.9 Å². The van der Waals surface area contributed by atoms with Crippen LogP contribution in [0.5, 0.6) is 0 Å². The number of nitro groups is 1. The van der Waals surface area contributed by atoms with Gasteiger partial charge in [0.05, 0.1) is 10.8 Å². The number of aliphatic carboxylic acids is 1. The molecule has 2 atom stereocenters. The Morgan fingerprint density at radius 1 is 1.24 bits per heavy atom. The molecule has 132 valence electrons. The number of nitrogens with one attached hydrogen (secondary N) is 2. The highest BCUT2D eigenvalue weighted by atomic mass is 16.6. The molecule has 1 aliphatic rings. The number of H-pyrrole nitrogens is 1. The van der Waals surface area contributed by atoms with E-state index >= 15 is 0 Å². The van der Waals surface area contributed by atoms with E-state index < -0.39 is 28.8 Å². The van der Waals surface area contributed by atoms with Gasteiger partial charge >= 0.3 is 5.97 Å². The number of aromatic amines is 1. The lowest BCUT2D eigenvalue weighted by atomic mass is 9.95. The van der Waals surface area contributed by atoms with Crippen LogP contribution in [-0.2, 0) is 4.79 Å². The van der Waals surface area contributed by atoms with Crippen LogP contribution in [0.3, 0.4) is 0 Å². The molecule has 1 aromatic heterocycles. The average molecular weight is 345 g/mol. The van der Waals surface area contributed by atoms with Gasteiger partial charge in [-0.2, -0.15) is 0 Å². The van der Waals surface area contributed by atoms with E-state index in [1.165, 1.54) is 6.07 Å². The van der Waals surface area contributed by atoms with E-state index in [-0.39, 0.29) is 16.9 Å². The number of nitrogens with zero attached hydrogens (tertiary/aromatic N) is 1. The van der Waals surface area contributed by atoms with Crippen LogP contribution in [0.25, 0.3) is 10.9 Å². The van der Waals surface area contributed by atoms with E-state index in [9.17, 15) is 24.8 Å². The molecule has 25 heavy (non-hydrogen) atoms. The molecule has 3 N–H and O–H groups in total. The molecule has 0 unspecified atom stereocenters. The highest BCUT2D eigenvalue weighted by Gasteiger charge is 2.31. The summed E-state index contributed by atoms with van der Waals surface area (Å²) in [5, 5.41) is 23.8. The number of rotatable bonds is 4. The maximum Gasteiger partial charge on any atom is 0.308 e. The van der Waals surface area contributed by atoms with E-state index in [0.717, 1.165) is 19.3 Å². The van der Waals surface area contributed by atoms with Crippen LogP contribution in [0.1, 0.15) is 42.6 Å². The van der Waals surface area contributed by atoms with Gasteiger partial charge in [0.15, 0.2) is 0 Å². The minimum Gasteiger partial charge on any atom is -0.481 e. The second kappa shape index (κ2) is 6.92. The number of carbonyl (C=O) groups is 2. The third kappa shape index (κ3) is 3.47. The highest BCUT2D eigenvalue weighted by molar-refractivity contribution is 6.00. The van der Waals surface area contributed by atoms with Crippen molar-refractivity contribution < 1.29 is 19.6 Å². The Bertz CT molecular complexity index is 829. The van der Waals surface area contributed by atoms with Crippen LogP contribution < -0.4 is 5.32 Å². The first-order valence-corrected chi connectivity index (χ1v) is 8.27. The molecule has 1 fully saturated rings. The second-order valence-electron chi connectivity index (χ2n) is 6.34. The first kappa shape index (κ1) is 16.9. The van der Waals surface area contributed by atoms with Gasteiger partial charge in [0.1, 0.15) is 11.2 Å². The van der Waals surface area contributed by atoms with Crippen molar-refractivity contribution in [3.8, 4) is 0 Å². The second-order valence-corrected chi connectivity index (χ2v) is 6.34. The van der Waals surface area contributed by atoms with E-state index in [0.29, 0.717) is 18.2 Å². The van der Waals surface area contributed by atoms with Crippen LogP contribution in [0.15, 0.2) is 24.3 Å². The van der Waals surface area contributed by atoms with Gasteiger partial charge in [0.2, 0.25) is 0 Å². The number of hydrogen-bond acceptors (Lipinski definition) is 4. The molecule has 0 aliphatic heterocycles. The van der Waals surface area contributed by atoms with Crippen molar-refractivity contribution in [3.05, 3.63) is 40.1 Å². The predicted molar refractivity (Wildman–Crippen MR) is 90.4 cm³/mol. The summed E-state index contributed by atoms with van der Waals surface area (Å²) < 4.78 is 0. The molecule has 0 saturated heterocycles. The summed E-state index contributed by atoms with van der Waals surface area (Å²) in [5.41, 5.74) is 0.375. The molecular formula is C17H19N3O5. The van der Waals surface area contributed by atoms with Crippen LogP contribution >= 0.6 is 0 Å². The lowest BCUT2D eigenvalue weighted by molar-refractivity contribution is -0.383. The lowest BCUT2D eigenvalue weighted by Gasteiger charge is -2.22. The van der Waals surface area contributed by atoms with Crippen molar-refractivity contribution in [3.63, 3.8) is 0 Å². The zero-order chi connectivity index (χ0) is 18.0. The first-order valence-electron chi connectivity index (χ1n) is 8.27. The molecular weight excluding hydrogens is 326 g/mol. The number of para-hydroxylation sites is 1. The fourth-order valence-electron chi connectivity index (χ4n) is 3.44. The molecule has 1 amide bonds. The summed E-state index contributed by atoms with van der Waals surface area (Å²) in [4.78, 5) is 37.4. The molecule has 8 nitrogen and oxygen atoms in total. The molecule has 0 bridgehead atoms. The molecule has 0 spiro atoms. The third-order valence-corrected chi connectivity index (χ3v) is 4.73. The van der Waals surface area contributed by atoms with Crippen LogP contribution in [0.2, 0.25) is 0 Å². The van der Waals surface area contributed by atoms with Crippen molar-refractivity contribution in [2.45, 2.75) is 38.1 Å². The van der Waals surface area contributed by atoms with Gasteiger partial charge in [-0.3, -0.25) is 19.7 Å². The molecule has 3 rings (SSSR count). The number of benzene rings is 1. The maximum atomic E-state index is 12.5. The van der Waals surface area contributed by atoms with E-state index in [4.69, 9.17) is 0 Å². The van der Waals surface area contributed by atoms with Crippen molar-refractivity contribution >= 4 is 28.5 Å². The number of carboxylic acid groups (broad SMARTS) is 1. The minimum atomic E-state index is -0.903. The molecule has 1 aromatic carbocycles. The largest absolute Gasteiger partial charge is 0.481 e. The Morgan fingerprint density at radius 2 is 2.00 bits per heavy atom. The Morgan fingerprint density at radius 3 is 2.72 bits per heavy atom. The molecule has 0 radical (unpaired) electrons. The molecule has 8 heteroatoms. The number of carbonyl (C=O) groups excluding carboxylic acids is 1. The van der Waals surface area contributed by atoms with Gasteiger partial charge < -0.3 is 15.4 Å². The normalized spacial score (nSPS) is 20.8. The zero-order valence-corrected chi connectivity index (χ0v) is 13.5. The number of nitro benzene ring substituents is 1. The van der Waals surface area contributed by atoms with E-state index in [1.54, 1.807) is 18.2 Å². The monoisotopic (exact) mass is 345 g/mol. The quantitative estimate of drug-likeness (QED) is 0.446. The number of carboxylic acids is 1. The predicted octanol–water partition coefficient (Wildman–Crippen LogP) is 2.84. The van der Waals surface area contributed by atoms with Crippen LogP contribution in [0.4, 0.5) is 5.69 Å². The minimum absolute atomic E-state index is 0.102. The zero-order valence-electron chi connectivity index (χ0n) is 13.5. The fourth-order valence-corrected chi connectivity index (χ4v) is 3.44. The summed E-state index contributed by atoms with van der Waals surface area (Å²) in [6.07, 6.45) is 3.81. The highest BCUT2D eigenvalue weighted by Crippen LogP contribution is 2.27. The van der Waals surface area contributed by atoms with Crippen molar-refractivity contribution in [1.29, 1.82) is 0 Å². The Labute approximate surface area is 143 Å². The maximum absolute atomic E-state index is 12.5. The molecule has 1 aliphatic carbocycles. The summed E-state index contributed by atoms with van der Waals surface area (Å²) in [6.45, 7) is 0. The third-order valence-electron chi connectivity index (χ3n) is 4.73. The SMILES string of the molecule is O=C(N[C@H]1CCCCC[C@H]1C(=O)O)c1cc2cccc([N+](=O)[O-])c2[nH]1. The van der Waals surface area contributed by atoms with Crippen LogP contribution in [0, 0.1) is 16.0 Å². The van der Waals surface area contributed by atoms with E-state index in [1.807, 2.05) is 0 Å². The molecule has 1 heterocycles. The summed E-state index contributed by atoms with van der Waals surface area (Å²) in [5.74, 6) is -1.95. The average Bonchev–Trinajstić information content (AvgIpc) is 2.87. The number of amides is 1. The van der Waals surface area contributed by atoms with Crippen molar-refractivity contribution in [2.75, 3.05) is 0 Å². The lowest BCUT2D eigenvalue weighted by Crippen LogP contribution is -2.42. The number of non-ortho nitro benzene ring substituents is 1. The van der Waals surface area contributed by atoms with Gasteiger partial charge in [-0.15, -0.1) is 0 Å². The summed E-state index contributed by atoms with van der Waals surface area (Å²) in [6, 6.07) is 5.72. The van der Waals surface area contributed by atoms with Crippen LogP contribution in [-0.4, -0.2) is 32.9 Å². The first-order chi connectivity index (χ1) is 12.0. The molecule has 1 saturated carbocycles. The standard InChI is InChI=1S/C17H19N3O5/c21-16(19-12-7-3-1-2-6-11(12)17(22)23)13-9-10-5-4-8-14(20(24)25)15(10)18-13/h4-5,8-9,11-12,18H,1-3,6-7H2,(H,19,21)(H,22,23)/t11-,12+/m1/s1. The Balaban J connectivity index is 1.85. The summed E-state index contributed by atoms with van der Waals surface area (Å²) >= 11 is 0. The van der Waals surface area contributed by atoms with Crippen molar-refractivity contribution in [2.24, 2.45) is 5.92 Å². The molecule has 2 aromatic rings. The smallest absolute Gasteiger partial charge is 0.308 e. The Kier molecular flexibility index (Phi) is 4.69. The van der Waals surface area contributed by atoms with Gasteiger partial charge in [-0.1, -0.05) is 31.4 Å². The Hall–Kier alpha value is -2.90. The van der Waals surface area contributed by atoms with Gasteiger partial charge in [0.25, 0.3) is 11.6 Å². The fraction of sp³-hybridized carbons (Fsp3) is 0.412. The summed E-state index contributed by atoms with van der Waals surface area (Å²) in [7, 11) is 0.